The largest absolute Gasteiger partial charge is 0.494 e. The van der Waals surface area contributed by atoms with Crippen molar-refractivity contribution in [3.8, 4) is 16.9 Å². The first-order valence-corrected chi connectivity index (χ1v) is 16.5. The summed E-state index contributed by atoms with van der Waals surface area (Å²) < 4.78 is 17.9. The molecule has 0 saturated carbocycles. The molecule has 0 aliphatic rings. The summed E-state index contributed by atoms with van der Waals surface area (Å²) in [7, 11) is -2.28. The molecule has 5 rings (SSSR count). The van der Waals surface area contributed by atoms with Crippen molar-refractivity contribution in [3.63, 3.8) is 0 Å². The monoisotopic (exact) mass is 554 g/mol. The molecule has 1 N–H and O–H groups in total. The zero-order valence-corrected chi connectivity index (χ0v) is 24.5. The number of carbonyl (C=O) groups is 1. The Kier molecular flexibility index (Phi) is 7.29. The molecule has 2 heterocycles. The van der Waals surface area contributed by atoms with Crippen LogP contribution in [-0.4, -0.2) is 25.5 Å². The molecule has 0 atom stereocenters. The number of ether oxygens (including phenoxy) is 1. The van der Waals surface area contributed by atoms with Crippen molar-refractivity contribution >= 4 is 36.0 Å². The van der Waals surface area contributed by atoms with E-state index in [0.717, 1.165) is 29.4 Å². The van der Waals surface area contributed by atoms with Gasteiger partial charge in [-0.1, -0.05) is 56.3 Å². The third kappa shape index (κ3) is 5.27. The van der Waals surface area contributed by atoms with E-state index in [2.05, 4.69) is 13.8 Å². The fourth-order valence-corrected chi connectivity index (χ4v) is 5.66. The highest BCUT2D eigenvalue weighted by molar-refractivity contribution is 6.72. The van der Waals surface area contributed by atoms with Gasteiger partial charge in [0.25, 0.3) is 0 Å². The summed E-state index contributed by atoms with van der Waals surface area (Å²) in [5, 5.41) is 1.26. The van der Waals surface area contributed by atoms with Gasteiger partial charge >= 0.3 is 5.63 Å². The Hall–Kier alpha value is -3.94. The second-order valence-corrected chi connectivity index (χ2v) is 16.0. The quantitative estimate of drug-likeness (QED) is 0.0863. The highest BCUT2D eigenvalue weighted by Gasteiger charge is 2.37. The van der Waals surface area contributed by atoms with Crippen molar-refractivity contribution in [2.45, 2.75) is 51.7 Å². The van der Waals surface area contributed by atoms with Crippen molar-refractivity contribution in [3.05, 3.63) is 100 Å². The van der Waals surface area contributed by atoms with E-state index in [1.54, 1.807) is 18.2 Å². The number of hydrogen-bond acceptors (Lipinski definition) is 6. The maximum atomic E-state index is 13.9. The Labute approximate surface area is 234 Å². The second-order valence-electron chi connectivity index (χ2n) is 11.5. The van der Waals surface area contributed by atoms with E-state index in [9.17, 15) is 14.4 Å². The molecule has 3 aromatic carbocycles. The van der Waals surface area contributed by atoms with Gasteiger partial charge in [0.1, 0.15) is 16.9 Å². The summed E-state index contributed by atoms with van der Waals surface area (Å²) in [5.41, 5.74) is 3.01. The summed E-state index contributed by atoms with van der Waals surface area (Å²) in [6.07, 6.45) is 1.64. The van der Waals surface area contributed by atoms with E-state index in [1.165, 1.54) is 6.07 Å². The number of carbonyl (C=O) groups excluding carboxylic acids is 1. The lowest BCUT2D eigenvalue weighted by atomic mass is 9.96. The van der Waals surface area contributed by atoms with E-state index < -0.39 is 13.9 Å². The number of benzene rings is 3. The number of aryl methyl sites for hydroxylation is 1. The molecule has 0 aliphatic carbocycles. The van der Waals surface area contributed by atoms with Gasteiger partial charge in [-0.15, -0.1) is 0 Å². The smallest absolute Gasteiger partial charge is 0.336 e. The van der Waals surface area contributed by atoms with Gasteiger partial charge in [-0.3, -0.25) is 4.79 Å². The number of furan rings is 1. The molecule has 206 valence electrons. The molecule has 0 bridgehead atoms. The molecule has 0 amide bonds. The Bertz CT molecular complexity index is 1760. The molecule has 0 saturated heterocycles. The number of rotatable bonds is 9. The number of hydrogen-bond donors (Lipinski definition) is 1. The first-order valence-electron chi connectivity index (χ1n) is 13.5. The van der Waals surface area contributed by atoms with Crippen molar-refractivity contribution < 1.29 is 23.2 Å². The van der Waals surface area contributed by atoms with E-state index >= 15 is 0 Å². The van der Waals surface area contributed by atoms with Crippen LogP contribution in [-0.2, 0) is 0 Å². The van der Waals surface area contributed by atoms with Crippen LogP contribution in [0.25, 0.3) is 33.1 Å². The number of fused-ring (bicyclic) bond motifs is 3. The molecular weight excluding hydrogens is 520 g/mol. The Morgan fingerprint density at radius 3 is 2.45 bits per heavy atom. The van der Waals surface area contributed by atoms with Gasteiger partial charge in [0.15, 0.2) is 14.1 Å². The van der Waals surface area contributed by atoms with Gasteiger partial charge < -0.3 is 18.4 Å². The third-order valence-electron chi connectivity index (χ3n) is 8.01. The standard InChI is InChI=1S/C33H34O6Si/c1-21-19-27(34)39-31-25(21)15-16-26-29(31)28(22-11-7-6-8-12-22)32(38-26)30(35)23-13-9-14-24(20-23)37-18-10-17-33(2,3)40(4,5)36/h6-9,11-16,19-20,36H,10,17-18H2,1-5H3. The van der Waals surface area contributed by atoms with Crippen molar-refractivity contribution in [1.82, 2.24) is 0 Å². The predicted octanol–water partition coefficient (Wildman–Crippen LogP) is 7.88. The van der Waals surface area contributed by atoms with E-state index in [1.807, 2.05) is 68.5 Å². The number of ketones is 1. The predicted molar refractivity (Wildman–Crippen MR) is 161 cm³/mol. The first-order chi connectivity index (χ1) is 19.0. The van der Waals surface area contributed by atoms with Gasteiger partial charge in [-0.2, -0.15) is 0 Å². The lowest BCUT2D eigenvalue weighted by molar-refractivity contribution is 0.101. The highest BCUT2D eigenvalue weighted by atomic mass is 28.4. The van der Waals surface area contributed by atoms with Crippen LogP contribution in [0.5, 0.6) is 5.75 Å². The molecule has 0 aliphatic heterocycles. The molecule has 6 nitrogen and oxygen atoms in total. The van der Waals surface area contributed by atoms with Crippen LogP contribution in [0.1, 0.15) is 48.4 Å². The van der Waals surface area contributed by atoms with Crippen LogP contribution < -0.4 is 10.4 Å². The fourth-order valence-electron chi connectivity index (χ4n) is 4.87. The molecule has 2 aromatic heterocycles. The lowest BCUT2D eigenvalue weighted by Crippen LogP contribution is -2.39. The SMILES string of the molecule is Cc1cc(=O)oc2c1ccc1oc(C(=O)c3cccc(OCCCC(C)(C)[Si](C)(C)O)c3)c(-c3ccccc3)c12. The lowest BCUT2D eigenvalue weighted by Gasteiger charge is -2.35. The van der Waals surface area contributed by atoms with Crippen LogP contribution in [0.3, 0.4) is 0 Å². The zero-order valence-electron chi connectivity index (χ0n) is 23.5. The van der Waals surface area contributed by atoms with Gasteiger partial charge in [-0.25, -0.2) is 4.79 Å². The summed E-state index contributed by atoms with van der Waals surface area (Å²) in [4.78, 5) is 36.8. The van der Waals surface area contributed by atoms with Gasteiger partial charge in [0, 0.05) is 22.6 Å². The van der Waals surface area contributed by atoms with Crippen LogP contribution >= 0.6 is 0 Å². The Morgan fingerprint density at radius 1 is 0.975 bits per heavy atom. The Balaban J connectivity index is 1.51. The summed E-state index contributed by atoms with van der Waals surface area (Å²) in [5.74, 6) is 0.471. The minimum absolute atomic E-state index is 0.120. The topological polar surface area (TPSA) is 89.9 Å². The molecule has 0 spiro atoms. The van der Waals surface area contributed by atoms with Crippen molar-refractivity contribution in [1.29, 1.82) is 0 Å². The molecular formula is C33H34O6Si. The summed E-state index contributed by atoms with van der Waals surface area (Å²) >= 11 is 0. The molecule has 7 heteroatoms. The van der Waals surface area contributed by atoms with Crippen LogP contribution in [0.2, 0.25) is 18.1 Å². The van der Waals surface area contributed by atoms with Gasteiger partial charge in [0.2, 0.25) is 5.78 Å². The van der Waals surface area contributed by atoms with Crippen LogP contribution in [0.15, 0.2) is 86.4 Å². The molecule has 0 fully saturated rings. The first kappa shape index (κ1) is 27.6. The zero-order chi connectivity index (χ0) is 28.7. The van der Waals surface area contributed by atoms with Crippen molar-refractivity contribution in [2.24, 2.45) is 0 Å². The van der Waals surface area contributed by atoms with Gasteiger partial charge in [0.05, 0.1) is 12.0 Å². The van der Waals surface area contributed by atoms with Crippen LogP contribution in [0, 0.1) is 6.92 Å². The van der Waals surface area contributed by atoms with E-state index in [0.29, 0.717) is 40.0 Å². The third-order valence-corrected chi connectivity index (χ3v) is 11.6. The van der Waals surface area contributed by atoms with Gasteiger partial charge in [-0.05, 0) is 73.3 Å². The van der Waals surface area contributed by atoms with Crippen LogP contribution in [0.4, 0.5) is 0 Å². The van der Waals surface area contributed by atoms with E-state index in [-0.39, 0.29) is 16.6 Å². The highest BCUT2D eigenvalue weighted by Crippen LogP contribution is 2.41. The second kappa shape index (κ2) is 10.6. The average Bonchev–Trinajstić information content (AvgIpc) is 3.31. The normalized spacial score (nSPS) is 12.2. The Morgan fingerprint density at radius 2 is 1.73 bits per heavy atom. The summed E-state index contributed by atoms with van der Waals surface area (Å²) in [6, 6.07) is 21.7. The van der Waals surface area contributed by atoms with E-state index in [4.69, 9.17) is 13.6 Å². The molecule has 0 radical (unpaired) electrons. The molecule has 0 unspecified atom stereocenters. The maximum Gasteiger partial charge on any atom is 0.336 e. The fraction of sp³-hybridized carbons (Fsp3) is 0.273. The minimum atomic E-state index is -2.28. The minimum Gasteiger partial charge on any atom is -0.494 e. The summed E-state index contributed by atoms with van der Waals surface area (Å²) in [6.45, 7) is 10.5. The molecule has 5 aromatic rings. The maximum absolute atomic E-state index is 13.9. The average molecular weight is 555 g/mol. The molecule has 40 heavy (non-hydrogen) atoms. The van der Waals surface area contributed by atoms with Crippen molar-refractivity contribution in [2.75, 3.05) is 6.61 Å².